The SMILES string of the molecule is COc1cc(OC)cc(C(=O)NC(C(=O)Nc2sc3c(c2C#N)CCCC3)C(C)C)c1. The zero-order valence-corrected chi connectivity index (χ0v) is 19.0. The highest BCUT2D eigenvalue weighted by Gasteiger charge is 2.28. The van der Waals surface area contributed by atoms with E-state index in [4.69, 9.17) is 9.47 Å². The smallest absolute Gasteiger partial charge is 0.252 e. The number of methoxy groups -OCH3 is 2. The quantitative estimate of drug-likeness (QED) is 0.679. The van der Waals surface area contributed by atoms with Gasteiger partial charge in [0, 0.05) is 16.5 Å². The summed E-state index contributed by atoms with van der Waals surface area (Å²) in [6.07, 6.45) is 3.96. The lowest BCUT2D eigenvalue weighted by atomic mass is 9.96. The van der Waals surface area contributed by atoms with Crippen LogP contribution in [0.1, 0.15) is 53.1 Å². The molecule has 0 spiro atoms. The van der Waals surface area contributed by atoms with Crippen LogP contribution in [0, 0.1) is 17.2 Å². The first-order valence-electron chi connectivity index (χ1n) is 10.3. The first-order valence-corrected chi connectivity index (χ1v) is 11.1. The molecular formula is C23H27N3O4S. The second kappa shape index (κ2) is 9.84. The normalized spacial score (nSPS) is 13.7. The molecule has 2 N–H and O–H groups in total. The predicted molar refractivity (Wildman–Crippen MR) is 120 cm³/mol. The van der Waals surface area contributed by atoms with Gasteiger partial charge in [0.25, 0.3) is 5.91 Å². The van der Waals surface area contributed by atoms with Crippen LogP contribution >= 0.6 is 11.3 Å². The second-order valence-corrected chi connectivity index (χ2v) is 8.92. The van der Waals surface area contributed by atoms with E-state index >= 15 is 0 Å². The van der Waals surface area contributed by atoms with Gasteiger partial charge in [0.2, 0.25) is 5.91 Å². The highest BCUT2D eigenvalue weighted by atomic mass is 32.1. The Kier molecular flexibility index (Phi) is 7.18. The van der Waals surface area contributed by atoms with E-state index in [9.17, 15) is 14.9 Å². The summed E-state index contributed by atoms with van der Waals surface area (Å²) in [6, 6.07) is 6.34. The third kappa shape index (κ3) is 5.00. The average molecular weight is 442 g/mol. The van der Waals surface area contributed by atoms with Crippen LogP contribution in [0.15, 0.2) is 18.2 Å². The number of nitrogens with zero attached hydrogens (tertiary/aromatic N) is 1. The maximum Gasteiger partial charge on any atom is 0.252 e. The summed E-state index contributed by atoms with van der Waals surface area (Å²) >= 11 is 1.47. The Labute approximate surface area is 186 Å². The fourth-order valence-electron chi connectivity index (χ4n) is 3.66. The van der Waals surface area contributed by atoms with Gasteiger partial charge in [-0.2, -0.15) is 5.26 Å². The molecule has 0 radical (unpaired) electrons. The fourth-order valence-corrected chi connectivity index (χ4v) is 4.90. The van der Waals surface area contributed by atoms with Crippen molar-refractivity contribution in [1.82, 2.24) is 5.32 Å². The van der Waals surface area contributed by atoms with Crippen LogP contribution in [0.4, 0.5) is 5.00 Å². The number of nitrogens with one attached hydrogen (secondary N) is 2. The Bertz CT molecular complexity index is 1000. The standard InChI is InChI=1S/C23H27N3O4S/c1-13(2)20(25-21(27)14-9-15(29-3)11-16(10-14)30-4)22(28)26-23-18(12-24)17-7-5-6-8-19(17)31-23/h9-11,13,20H,5-8H2,1-4H3,(H,25,27)(H,26,28). The monoisotopic (exact) mass is 441 g/mol. The van der Waals surface area contributed by atoms with Crippen molar-refractivity contribution >= 4 is 28.2 Å². The lowest BCUT2D eigenvalue weighted by molar-refractivity contribution is -0.118. The van der Waals surface area contributed by atoms with Crippen molar-refractivity contribution in [2.75, 3.05) is 19.5 Å². The molecule has 164 valence electrons. The lowest BCUT2D eigenvalue weighted by Crippen LogP contribution is -2.47. The molecule has 1 aliphatic carbocycles. The van der Waals surface area contributed by atoms with E-state index in [0.29, 0.717) is 27.6 Å². The molecule has 0 bridgehead atoms. The Balaban J connectivity index is 1.80. The molecular weight excluding hydrogens is 414 g/mol. The molecule has 8 heteroatoms. The van der Waals surface area contributed by atoms with Gasteiger partial charge >= 0.3 is 0 Å². The number of nitriles is 1. The molecule has 1 unspecified atom stereocenters. The minimum Gasteiger partial charge on any atom is -0.497 e. The van der Waals surface area contributed by atoms with Gasteiger partial charge in [-0.15, -0.1) is 11.3 Å². The first-order chi connectivity index (χ1) is 14.9. The summed E-state index contributed by atoms with van der Waals surface area (Å²) < 4.78 is 10.4. The van der Waals surface area contributed by atoms with Gasteiger partial charge in [-0.25, -0.2) is 0 Å². The number of thiophene rings is 1. The van der Waals surface area contributed by atoms with Crippen molar-refractivity contribution in [2.45, 2.75) is 45.6 Å². The Hall–Kier alpha value is -3.05. The number of ether oxygens (including phenoxy) is 2. The summed E-state index contributed by atoms with van der Waals surface area (Å²) in [7, 11) is 3.02. The molecule has 1 heterocycles. The minimum absolute atomic E-state index is 0.156. The van der Waals surface area contributed by atoms with E-state index in [1.165, 1.54) is 30.4 Å². The zero-order chi connectivity index (χ0) is 22.5. The Morgan fingerprint density at radius 3 is 2.32 bits per heavy atom. The van der Waals surface area contributed by atoms with Crippen LogP contribution in [0.2, 0.25) is 0 Å². The predicted octanol–water partition coefficient (Wildman–Crippen LogP) is 3.91. The molecule has 1 atom stereocenters. The van der Waals surface area contributed by atoms with Crippen molar-refractivity contribution in [3.8, 4) is 17.6 Å². The Morgan fingerprint density at radius 2 is 1.74 bits per heavy atom. The molecule has 1 aliphatic rings. The third-order valence-electron chi connectivity index (χ3n) is 5.37. The number of benzene rings is 1. The summed E-state index contributed by atoms with van der Waals surface area (Å²) in [5.74, 6) is 0.0673. The number of amides is 2. The summed E-state index contributed by atoms with van der Waals surface area (Å²) in [4.78, 5) is 27.1. The van der Waals surface area contributed by atoms with Crippen LogP contribution in [-0.4, -0.2) is 32.1 Å². The van der Waals surface area contributed by atoms with Gasteiger partial charge in [0.05, 0.1) is 19.8 Å². The van der Waals surface area contributed by atoms with E-state index in [1.807, 2.05) is 13.8 Å². The zero-order valence-electron chi connectivity index (χ0n) is 18.2. The first kappa shape index (κ1) is 22.6. The van der Waals surface area contributed by atoms with Gasteiger partial charge in [-0.05, 0) is 49.3 Å². The number of hydrogen-bond acceptors (Lipinski definition) is 6. The topological polar surface area (TPSA) is 100 Å². The molecule has 0 saturated heterocycles. The third-order valence-corrected chi connectivity index (χ3v) is 6.58. The van der Waals surface area contributed by atoms with Crippen LogP contribution in [0.25, 0.3) is 0 Å². The van der Waals surface area contributed by atoms with Crippen molar-refractivity contribution < 1.29 is 19.1 Å². The molecule has 0 saturated carbocycles. The summed E-state index contributed by atoms with van der Waals surface area (Å²) in [6.45, 7) is 3.72. The second-order valence-electron chi connectivity index (χ2n) is 7.81. The van der Waals surface area contributed by atoms with E-state index < -0.39 is 11.9 Å². The van der Waals surface area contributed by atoms with E-state index in [-0.39, 0.29) is 11.8 Å². The fraction of sp³-hybridized carbons (Fsp3) is 0.435. The van der Waals surface area contributed by atoms with Gasteiger partial charge < -0.3 is 20.1 Å². The molecule has 7 nitrogen and oxygen atoms in total. The number of hydrogen-bond donors (Lipinski definition) is 2. The highest BCUT2D eigenvalue weighted by molar-refractivity contribution is 7.16. The van der Waals surface area contributed by atoms with E-state index in [1.54, 1.807) is 18.2 Å². The molecule has 31 heavy (non-hydrogen) atoms. The highest BCUT2D eigenvalue weighted by Crippen LogP contribution is 2.37. The van der Waals surface area contributed by atoms with Gasteiger partial charge in [-0.3, -0.25) is 9.59 Å². The number of fused-ring (bicyclic) bond motifs is 1. The summed E-state index contributed by atoms with van der Waals surface area (Å²) in [5.41, 5.74) is 1.95. The van der Waals surface area contributed by atoms with Gasteiger partial charge in [0.1, 0.15) is 28.6 Å². The average Bonchev–Trinajstić information content (AvgIpc) is 3.13. The molecule has 2 amide bonds. The molecule has 1 aromatic heterocycles. The largest absolute Gasteiger partial charge is 0.497 e. The van der Waals surface area contributed by atoms with Crippen LogP contribution in [-0.2, 0) is 17.6 Å². The molecule has 0 aliphatic heterocycles. The number of carbonyl (C=O) groups is 2. The van der Waals surface area contributed by atoms with Crippen LogP contribution < -0.4 is 20.1 Å². The maximum atomic E-state index is 13.1. The molecule has 1 aromatic carbocycles. The van der Waals surface area contributed by atoms with E-state index in [2.05, 4.69) is 16.7 Å². The number of anilines is 1. The van der Waals surface area contributed by atoms with Crippen molar-refractivity contribution in [1.29, 1.82) is 5.26 Å². The lowest BCUT2D eigenvalue weighted by Gasteiger charge is -2.22. The van der Waals surface area contributed by atoms with Crippen molar-refractivity contribution in [3.63, 3.8) is 0 Å². The minimum atomic E-state index is -0.768. The molecule has 0 fully saturated rings. The van der Waals surface area contributed by atoms with Crippen molar-refractivity contribution in [3.05, 3.63) is 39.8 Å². The maximum absolute atomic E-state index is 13.1. The van der Waals surface area contributed by atoms with Gasteiger partial charge in [-0.1, -0.05) is 13.8 Å². The van der Waals surface area contributed by atoms with Crippen molar-refractivity contribution in [2.24, 2.45) is 5.92 Å². The van der Waals surface area contributed by atoms with Crippen LogP contribution in [0.5, 0.6) is 11.5 Å². The summed E-state index contributed by atoms with van der Waals surface area (Å²) in [5, 5.41) is 15.9. The van der Waals surface area contributed by atoms with E-state index in [0.717, 1.165) is 31.2 Å². The molecule has 3 rings (SSSR count). The number of aryl methyl sites for hydroxylation is 1. The number of rotatable bonds is 7. The van der Waals surface area contributed by atoms with Crippen LogP contribution in [0.3, 0.4) is 0 Å². The Morgan fingerprint density at radius 1 is 1.10 bits per heavy atom. The number of carbonyl (C=O) groups excluding carboxylic acids is 2. The van der Waals surface area contributed by atoms with Gasteiger partial charge in [0.15, 0.2) is 0 Å². The molecule has 2 aromatic rings.